The molecule has 1 aromatic carbocycles. The molecule has 2 heterocycles. The Labute approximate surface area is 166 Å². The molecule has 1 aliphatic rings. The van der Waals surface area contributed by atoms with Crippen LogP contribution in [-0.2, 0) is 4.79 Å². The molecule has 0 spiro atoms. The van der Waals surface area contributed by atoms with Gasteiger partial charge in [0.25, 0.3) is 0 Å². The van der Waals surface area contributed by atoms with Gasteiger partial charge in [0.15, 0.2) is 0 Å². The Balaban J connectivity index is 1.82. The normalized spacial score (nSPS) is 14.0. The Kier molecular flexibility index (Phi) is 5.78. The van der Waals surface area contributed by atoms with Crippen molar-refractivity contribution in [3.63, 3.8) is 0 Å². The van der Waals surface area contributed by atoms with Crippen molar-refractivity contribution in [3.8, 4) is 5.75 Å². The second-order valence-electron chi connectivity index (χ2n) is 6.13. The highest BCUT2D eigenvalue weighted by Crippen LogP contribution is 2.34. The average molecular weight is 407 g/mol. The van der Waals surface area contributed by atoms with Gasteiger partial charge in [-0.15, -0.1) is 0 Å². The van der Waals surface area contributed by atoms with Crippen molar-refractivity contribution in [1.29, 1.82) is 0 Å². The van der Waals surface area contributed by atoms with Crippen LogP contribution in [0.5, 0.6) is 5.75 Å². The van der Waals surface area contributed by atoms with Gasteiger partial charge in [-0.05, 0) is 23.7 Å². The zero-order valence-corrected chi connectivity index (χ0v) is 16.1. The maximum Gasteiger partial charge on any atom is 0.329 e. The third-order valence-electron chi connectivity index (χ3n) is 4.47. The Morgan fingerprint density at radius 2 is 2.04 bits per heavy atom. The number of nitrogens with one attached hydrogen (secondary N) is 1. The molecule has 1 aliphatic heterocycles. The Morgan fingerprint density at radius 3 is 2.64 bits per heavy atom. The third-order valence-corrected chi connectivity index (χ3v) is 4.65. The van der Waals surface area contributed by atoms with E-state index in [1.807, 2.05) is 17.0 Å². The number of anilines is 3. The summed E-state index contributed by atoms with van der Waals surface area (Å²) in [4.78, 5) is 33.6. The van der Waals surface area contributed by atoms with Crippen molar-refractivity contribution in [2.75, 3.05) is 43.5 Å². The van der Waals surface area contributed by atoms with Gasteiger partial charge in [0.2, 0.25) is 17.0 Å². The molecule has 11 heteroatoms. The molecule has 0 radical (unpaired) electrons. The number of benzene rings is 1. The summed E-state index contributed by atoms with van der Waals surface area (Å²) >= 11 is 5.77. The molecule has 0 aliphatic carbocycles. The summed E-state index contributed by atoms with van der Waals surface area (Å²) < 4.78 is 5.44. The first kappa shape index (κ1) is 19.6. The van der Waals surface area contributed by atoms with Gasteiger partial charge in [0, 0.05) is 44.9 Å². The number of carbonyl (C=O) groups is 1. The van der Waals surface area contributed by atoms with Crippen molar-refractivity contribution >= 4 is 40.4 Å². The molecule has 0 unspecified atom stereocenters. The summed E-state index contributed by atoms with van der Waals surface area (Å²) in [6.07, 6.45) is 1.05. The van der Waals surface area contributed by atoms with E-state index in [9.17, 15) is 14.9 Å². The number of nitro groups is 1. The van der Waals surface area contributed by atoms with Crippen LogP contribution < -0.4 is 15.0 Å². The molecule has 28 heavy (non-hydrogen) atoms. The number of piperazine rings is 1. The van der Waals surface area contributed by atoms with Crippen molar-refractivity contribution in [3.05, 3.63) is 39.8 Å². The minimum Gasteiger partial charge on any atom is -0.494 e. The van der Waals surface area contributed by atoms with Crippen LogP contribution in [-0.4, -0.2) is 59.0 Å². The summed E-state index contributed by atoms with van der Waals surface area (Å²) in [5.41, 5.74) is 1.14. The van der Waals surface area contributed by atoms with Gasteiger partial charge >= 0.3 is 5.69 Å². The lowest BCUT2D eigenvalue weighted by Crippen LogP contribution is -2.48. The minimum absolute atomic E-state index is 0.0221. The second kappa shape index (κ2) is 8.26. The summed E-state index contributed by atoms with van der Waals surface area (Å²) in [7, 11) is 1.51. The summed E-state index contributed by atoms with van der Waals surface area (Å²) in [5.74, 6) is 0.545. The first-order valence-corrected chi connectivity index (χ1v) is 8.89. The van der Waals surface area contributed by atoms with Gasteiger partial charge in [-0.1, -0.05) is 0 Å². The van der Waals surface area contributed by atoms with E-state index in [2.05, 4.69) is 20.2 Å². The van der Waals surface area contributed by atoms with Crippen molar-refractivity contribution in [2.24, 2.45) is 0 Å². The number of amides is 1. The predicted molar refractivity (Wildman–Crippen MR) is 104 cm³/mol. The number of carbonyl (C=O) groups excluding carboxylic acids is 1. The Bertz CT molecular complexity index is 901. The van der Waals surface area contributed by atoms with Gasteiger partial charge in [-0.3, -0.25) is 14.9 Å². The predicted octanol–water partition coefficient (Wildman–Crippen LogP) is 2.46. The van der Waals surface area contributed by atoms with Crippen LogP contribution in [0.25, 0.3) is 0 Å². The quantitative estimate of drug-likeness (QED) is 0.457. The number of rotatable bonds is 5. The van der Waals surface area contributed by atoms with E-state index in [0.29, 0.717) is 37.6 Å². The highest BCUT2D eigenvalue weighted by Gasteiger charge is 2.21. The number of hydrogen-bond donors (Lipinski definition) is 1. The van der Waals surface area contributed by atoms with Crippen LogP contribution in [0.3, 0.4) is 0 Å². The van der Waals surface area contributed by atoms with E-state index >= 15 is 0 Å². The maximum atomic E-state index is 11.5. The number of hydrogen-bond acceptors (Lipinski definition) is 8. The van der Waals surface area contributed by atoms with Gasteiger partial charge in [-0.25, -0.2) is 4.98 Å². The standard InChI is InChI=1S/C17H19ClN6O4/c1-11(25)22-5-7-23(8-6-22)12-3-4-13(15(9-12)28-2)20-16-14(24(26)27)10-19-17(18)21-16/h3-4,9-10H,5-8H2,1-2H3,(H,19,20,21). The molecule has 148 valence electrons. The lowest BCUT2D eigenvalue weighted by atomic mass is 10.2. The van der Waals surface area contributed by atoms with Crippen LogP contribution in [0.4, 0.5) is 22.9 Å². The van der Waals surface area contributed by atoms with Crippen molar-refractivity contribution in [2.45, 2.75) is 6.92 Å². The maximum absolute atomic E-state index is 11.5. The molecule has 1 aromatic heterocycles. The molecule has 0 bridgehead atoms. The van der Waals surface area contributed by atoms with Crippen LogP contribution in [0.2, 0.25) is 5.28 Å². The second-order valence-corrected chi connectivity index (χ2v) is 6.47. The van der Waals surface area contributed by atoms with Gasteiger partial charge in [-0.2, -0.15) is 4.98 Å². The zero-order valence-electron chi connectivity index (χ0n) is 15.4. The van der Waals surface area contributed by atoms with Crippen LogP contribution in [0.15, 0.2) is 24.4 Å². The number of nitrogens with zero attached hydrogens (tertiary/aromatic N) is 5. The minimum atomic E-state index is -0.589. The molecule has 1 amide bonds. The molecule has 10 nitrogen and oxygen atoms in total. The fourth-order valence-electron chi connectivity index (χ4n) is 2.97. The Hall–Kier alpha value is -3.14. The van der Waals surface area contributed by atoms with E-state index in [1.165, 1.54) is 7.11 Å². The monoisotopic (exact) mass is 406 g/mol. The smallest absolute Gasteiger partial charge is 0.329 e. The fourth-order valence-corrected chi connectivity index (χ4v) is 3.10. The lowest BCUT2D eigenvalue weighted by Gasteiger charge is -2.35. The number of halogens is 1. The van der Waals surface area contributed by atoms with E-state index < -0.39 is 4.92 Å². The van der Waals surface area contributed by atoms with E-state index in [-0.39, 0.29) is 22.7 Å². The molecule has 0 saturated carbocycles. The van der Waals surface area contributed by atoms with Crippen molar-refractivity contribution in [1.82, 2.24) is 14.9 Å². The molecule has 2 aromatic rings. The topological polar surface area (TPSA) is 114 Å². The third kappa shape index (κ3) is 4.22. The van der Waals surface area contributed by atoms with Gasteiger partial charge in [0.1, 0.15) is 11.9 Å². The van der Waals surface area contributed by atoms with E-state index in [1.54, 1.807) is 13.0 Å². The number of aromatic nitrogens is 2. The summed E-state index contributed by atoms with van der Waals surface area (Å²) in [5, 5.41) is 14.0. The first-order chi connectivity index (χ1) is 13.4. The highest BCUT2D eigenvalue weighted by atomic mass is 35.5. The first-order valence-electron chi connectivity index (χ1n) is 8.51. The SMILES string of the molecule is COc1cc(N2CCN(C(C)=O)CC2)ccc1Nc1nc(Cl)ncc1[N+](=O)[O-]. The molecule has 1 N–H and O–H groups in total. The van der Waals surface area contributed by atoms with Crippen LogP contribution in [0.1, 0.15) is 6.92 Å². The summed E-state index contributed by atoms with van der Waals surface area (Å²) in [6, 6.07) is 5.47. The van der Waals surface area contributed by atoms with Gasteiger partial charge < -0.3 is 19.9 Å². The molecule has 3 rings (SSSR count). The van der Waals surface area contributed by atoms with Gasteiger partial charge in [0.05, 0.1) is 17.7 Å². The van der Waals surface area contributed by atoms with Crippen LogP contribution >= 0.6 is 11.6 Å². The average Bonchev–Trinajstić information content (AvgIpc) is 2.68. The van der Waals surface area contributed by atoms with E-state index in [0.717, 1.165) is 11.9 Å². The fraction of sp³-hybridized carbons (Fsp3) is 0.353. The molecule has 1 fully saturated rings. The highest BCUT2D eigenvalue weighted by molar-refractivity contribution is 6.28. The lowest BCUT2D eigenvalue weighted by molar-refractivity contribution is -0.384. The van der Waals surface area contributed by atoms with Crippen molar-refractivity contribution < 1.29 is 14.5 Å². The number of methoxy groups -OCH3 is 1. The zero-order chi connectivity index (χ0) is 20.3. The Morgan fingerprint density at radius 1 is 1.32 bits per heavy atom. The largest absolute Gasteiger partial charge is 0.494 e. The molecular weight excluding hydrogens is 388 g/mol. The number of ether oxygens (including phenoxy) is 1. The molecular formula is C17H19ClN6O4. The van der Waals surface area contributed by atoms with E-state index in [4.69, 9.17) is 16.3 Å². The molecule has 1 saturated heterocycles. The summed E-state index contributed by atoms with van der Waals surface area (Å²) in [6.45, 7) is 4.30. The molecule has 0 atom stereocenters. The van der Waals surface area contributed by atoms with Crippen LogP contribution in [0, 0.1) is 10.1 Å².